The molecule has 0 rings (SSSR count). The summed E-state index contributed by atoms with van der Waals surface area (Å²) in [6.45, 7) is 12.5. The molecule has 0 fully saturated rings. The molecule has 0 aromatic heterocycles. The molecule has 0 heterocycles. The molecule has 0 spiro atoms. The van der Waals surface area contributed by atoms with Gasteiger partial charge >= 0.3 is 5.97 Å². The predicted molar refractivity (Wildman–Crippen MR) is 91.4 cm³/mol. The quantitative estimate of drug-likeness (QED) is 0.481. The molecule has 0 aliphatic rings. The van der Waals surface area contributed by atoms with Crippen LogP contribution in [0.3, 0.4) is 0 Å². The normalized spacial score (nSPS) is 14.4. The van der Waals surface area contributed by atoms with E-state index in [9.17, 15) is 4.79 Å². The Kier molecular flexibility index (Phi) is 9.77. The third-order valence-corrected chi connectivity index (χ3v) is 3.93. The van der Waals surface area contributed by atoms with Crippen LogP contribution in [0, 0.1) is 5.41 Å². The van der Waals surface area contributed by atoms with E-state index in [0.29, 0.717) is 0 Å². The van der Waals surface area contributed by atoms with Gasteiger partial charge in [-0.3, -0.25) is 4.79 Å². The summed E-state index contributed by atoms with van der Waals surface area (Å²) in [5, 5.41) is 8.71. The van der Waals surface area contributed by atoms with Crippen molar-refractivity contribution < 1.29 is 9.90 Å². The summed E-state index contributed by atoms with van der Waals surface area (Å²) in [5.41, 5.74) is 2.86. The minimum absolute atomic E-state index is 0.0478. The highest BCUT2D eigenvalue weighted by molar-refractivity contribution is 5.66. The molecule has 0 aromatic carbocycles. The number of carboxylic acids is 1. The minimum Gasteiger partial charge on any atom is -0.481 e. The largest absolute Gasteiger partial charge is 0.481 e. The molecular formula is C19H32O2. The Balaban J connectivity index is 4.16. The first-order valence-electron chi connectivity index (χ1n) is 7.93. The van der Waals surface area contributed by atoms with E-state index in [4.69, 9.17) is 5.11 Å². The van der Waals surface area contributed by atoms with Gasteiger partial charge in [-0.25, -0.2) is 0 Å². The van der Waals surface area contributed by atoms with Crippen molar-refractivity contribution in [3.8, 4) is 0 Å². The summed E-state index contributed by atoms with van der Waals surface area (Å²) in [4.78, 5) is 10.6. The fourth-order valence-electron chi connectivity index (χ4n) is 2.31. The fraction of sp³-hybridized carbons (Fsp3) is 0.632. The van der Waals surface area contributed by atoms with Crippen molar-refractivity contribution in [3.63, 3.8) is 0 Å². The lowest BCUT2D eigenvalue weighted by Crippen LogP contribution is -2.13. The second kappa shape index (κ2) is 10.4. The van der Waals surface area contributed by atoms with Gasteiger partial charge in [-0.2, -0.15) is 0 Å². The van der Waals surface area contributed by atoms with Crippen molar-refractivity contribution >= 4 is 5.97 Å². The molecular weight excluding hydrogens is 260 g/mol. The smallest absolute Gasteiger partial charge is 0.303 e. The van der Waals surface area contributed by atoms with Gasteiger partial charge in [-0.05, 0) is 64.7 Å². The zero-order valence-electron chi connectivity index (χ0n) is 14.2. The van der Waals surface area contributed by atoms with Gasteiger partial charge in [0.25, 0.3) is 0 Å². The lowest BCUT2D eigenvalue weighted by molar-refractivity contribution is -0.137. The molecule has 1 unspecified atom stereocenters. The SMILES string of the molecule is C=CC(C)(CCC=C(C)CCC=C(C)C)CCCC(=O)O. The highest BCUT2D eigenvalue weighted by Gasteiger charge is 2.19. The molecule has 0 radical (unpaired) electrons. The van der Waals surface area contributed by atoms with Crippen LogP contribution in [0.1, 0.15) is 72.6 Å². The lowest BCUT2D eigenvalue weighted by atomic mass is 9.80. The van der Waals surface area contributed by atoms with Gasteiger partial charge in [-0.15, -0.1) is 6.58 Å². The first-order valence-corrected chi connectivity index (χ1v) is 7.93. The Morgan fingerprint density at radius 1 is 1.10 bits per heavy atom. The van der Waals surface area contributed by atoms with E-state index in [2.05, 4.69) is 46.4 Å². The van der Waals surface area contributed by atoms with Crippen LogP contribution in [0.15, 0.2) is 36.0 Å². The van der Waals surface area contributed by atoms with E-state index >= 15 is 0 Å². The summed E-state index contributed by atoms with van der Waals surface area (Å²) >= 11 is 0. The zero-order valence-corrected chi connectivity index (χ0v) is 14.2. The third kappa shape index (κ3) is 11.1. The Bertz CT molecular complexity index is 386. The molecule has 0 aliphatic carbocycles. The van der Waals surface area contributed by atoms with Gasteiger partial charge in [0.2, 0.25) is 0 Å². The van der Waals surface area contributed by atoms with Crippen LogP contribution in [0.2, 0.25) is 0 Å². The molecule has 0 aliphatic heterocycles. The van der Waals surface area contributed by atoms with E-state index in [0.717, 1.165) is 38.5 Å². The van der Waals surface area contributed by atoms with Gasteiger partial charge in [0.05, 0.1) is 0 Å². The number of rotatable bonds is 11. The molecule has 0 saturated carbocycles. The van der Waals surface area contributed by atoms with Crippen molar-refractivity contribution in [2.24, 2.45) is 5.41 Å². The monoisotopic (exact) mass is 292 g/mol. The number of allylic oxidation sites excluding steroid dienone is 5. The highest BCUT2D eigenvalue weighted by Crippen LogP contribution is 2.31. The molecule has 0 aromatic rings. The van der Waals surface area contributed by atoms with Crippen LogP contribution in [-0.2, 0) is 4.79 Å². The Labute approximate surface area is 130 Å². The number of carbonyl (C=O) groups is 1. The summed E-state index contributed by atoms with van der Waals surface area (Å²) in [5.74, 6) is -0.712. The van der Waals surface area contributed by atoms with Crippen molar-refractivity contribution in [3.05, 3.63) is 36.0 Å². The van der Waals surface area contributed by atoms with Crippen LogP contribution < -0.4 is 0 Å². The summed E-state index contributed by atoms with van der Waals surface area (Å²) in [6.07, 6.45) is 12.8. The van der Waals surface area contributed by atoms with Gasteiger partial charge in [0.1, 0.15) is 0 Å². The molecule has 2 nitrogen and oxygen atoms in total. The first kappa shape index (κ1) is 19.7. The molecule has 0 saturated heterocycles. The van der Waals surface area contributed by atoms with Gasteiger partial charge < -0.3 is 5.11 Å². The Morgan fingerprint density at radius 3 is 2.29 bits per heavy atom. The molecule has 0 bridgehead atoms. The van der Waals surface area contributed by atoms with E-state index in [-0.39, 0.29) is 11.8 Å². The molecule has 120 valence electrons. The number of carboxylic acid groups (broad SMARTS) is 1. The molecule has 21 heavy (non-hydrogen) atoms. The van der Waals surface area contributed by atoms with Crippen molar-refractivity contribution in [2.45, 2.75) is 72.6 Å². The number of hydrogen-bond donors (Lipinski definition) is 1. The van der Waals surface area contributed by atoms with Crippen LogP contribution in [0.4, 0.5) is 0 Å². The number of aliphatic carboxylic acids is 1. The standard InChI is InChI=1S/C19H32O2/c1-6-19(5,15-9-13-18(20)21)14-8-12-17(4)11-7-10-16(2)3/h6,10,12H,1,7-9,11,13-15H2,2-5H3,(H,20,21). The van der Waals surface area contributed by atoms with Crippen molar-refractivity contribution in [1.82, 2.24) is 0 Å². The van der Waals surface area contributed by atoms with E-state index in [1.807, 2.05) is 6.08 Å². The minimum atomic E-state index is -0.712. The van der Waals surface area contributed by atoms with E-state index < -0.39 is 5.97 Å². The molecule has 1 N–H and O–H groups in total. The van der Waals surface area contributed by atoms with Crippen LogP contribution >= 0.6 is 0 Å². The van der Waals surface area contributed by atoms with Gasteiger partial charge in [0, 0.05) is 6.42 Å². The first-order chi connectivity index (χ1) is 9.79. The summed E-state index contributed by atoms with van der Waals surface area (Å²) in [6, 6.07) is 0. The highest BCUT2D eigenvalue weighted by atomic mass is 16.4. The van der Waals surface area contributed by atoms with Crippen molar-refractivity contribution in [2.75, 3.05) is 0 Å². The Hall–Kier alpha value is -1.31. The summed E-state index contributed by atoms with van der Waals surface area (Å²) in [7, 11) is 0. The number of hydrogen-bond acceptors (Lipinski definition) is 1. The Morgan fingerprint density at radius 2 is 1.76 bits per heavy atom. The van der Waals surface area contributed by atoms with Crippen molar-refractivity contribution in [1.29, 1.82) is 0 Å². The maximum atomic E-state index is 10.6. The van der Waals surface area contributed by atoms with Crippen LogP contribution in [0.5, 0.6) is 0 Å². The second-order valence-corrected chi connectivity index (χ2v) is 6.51. The van der Waals surface area contributed by atoms with Crippen LogP contribution in [-0.4, -0.2) is 11.1 Å². The zero-order chi connectivity index (χ0) is 16.3. The third-order valence-electron chi connectivity index (χ3n) is 3.93. The van der Waals surface area contributed by atoms with E-state index in [1.54, 1.807) is 0 Å². The van der Waals surface area contributed by atoms with Crippen LogP contribution in [0.25, 0.3) is 0 Å². The average Bonchev–Trinajstić information content (AvgIpc) is 2.37. The fourth-order valence-corrected chi connectivity index (χ4v) is 2.31. The average molecular weight is 292 g/mol. The van der Waals surface area contributed by atoms with Gasteiger partial charge in [0.15, 0.2) is 0 Å². The van der Waals surface area contributed by atoms with Gasteiger partial charge in [-0.1, -0.05) is 36.3 Å². The molecule has 0 amide bonds. The van der Waals surface area contributed by atoms with E-state index in [1.165, 1.54) is 11.1 Å². The second-order valence-electron chi connectivity index (χ2n) is 6.51. The maximum Gasteiger partial charge on any atom is 0.303 e. The molecule has 1 atom stereocenters. The maximum absolute atomic E-state index is 10.6. The lowest BCUT2D eigenvalue weighted by Gasteiger charge is -2.25. The summed E-state index contributed by atoms with van der Waals surface area (Å²) < 4.78 is 0. The molecule has 2 heteroatoms. The topological polar surface area (TPSA) is 37.3 Å². The predicted octanol–water partition coefficient (Wildman–Crippen LogP) is 5.91.